The zero-order valence-corrected chi connectivity index (χ0v) is 15.8. The summed E-state index contributed by atoms with van der Waals surface area (Å²) in [5.41, 5.74) is 5.20. The number of hydrogen-bond acceptors (Lipinski definition) is 2. The van der Waals surface area contributed by atoms with Crippen LogP contribution in [0.25, 0.3) is 21.8 Å². The van der Waals surface area contributed by atoms with E-state index in [1.165, 1.54) is 17.9 Å². The number of rotatable bonds is 4. The summed E-state index contributed by atoms with van der Waals surface area (Å²) in [4.78, 5) is 27.3. The van der Waals surface area contributed by atoms with E-state index in [0.717, 1.165) is 22.8 Å². The molecule has 0 fully saturated rings. The van der Waals surface area contributed by atoms with Gasteiger partial charge in [-0.25, -0.2) is 0 Å². The Morgan fingerprint density at radius 3 is 2.46 bits per heavy atom. The van der Waals surface area contributed by atoms with Crippen LogP contribution in [0.2, 0.25) is 0 Å². The smallest absolute Gasteiger partial charge is 0.255 e. The van der Waals surface area contributed by atoms with Crippen molar-refractivity contribution in [2.24, 2.45) is 0 Å². The highest BCUT2D eigenvalue weighted by molar-refractivity contribution is 6.11. The van der Waals surface area contributed by atoms with Crippen molar-refractivity contribution in [2.45, 2.75) is 20.3 Å². The molecule has 2 amide bonds. The van der Waals surface area contributed by atoms with Gasteiger partial charge in [0.1, 0.15) is 0 Å². The van der Waals surface area contributed by atoms with E-state index in [9.17, 15) is 9.59 Å². The van der Waals surface area contributed by atoms with Gasteiger partial charge in [0.05, 0.1) is 0 Å². The number of aromatic nitrogens is 1. The molecule has 0 saturated heterocycles. The normalized spacial score (nSPS) is 10.9. The molecule has 5 heteroatoms. The van der Waals surface area contributed by atoms with E-state index < -0.39 is 0 Å². The maximum atomic E-state index is 12.6. The number of benzene rings is 3. The molecule has 140 valence electrons. The van der Waals surface area contributed by atoms with Crippen molar-refractivity contribution in [3.63, 3.8) is 0 Å². The van der Waals surface area contributed by atoms with Gasteiger partial charge in [0.25, 0.3) is 5.91 Å². The second kappa shape index (κ2) is 7.19. The van der Waals surface area contributed by atoms with Gasteiger partial charge in [0.15, 0.2) is 0 Å². The lowest BCUT2D eigenvalue weighted by Crippen LogP contribution is -2.13. The topological polar surface area (TPSA) is 74.0 Å². The Hall–Kier alpha value is -3.60. The average Bonchev–Trinajstić information content (AvgIpc) is 3.05. The molecule has 0 bridgehead atoms. The molecule has 0 aliphatic carbocycles. The van der Waals surface area contributed by atoms with Crippen LogP contribution in [0.1, 0.15) is 29.8 Å². The summed E-state index contributed by atoms with van der Waals surface area (Å²) < 4.78 is 0. The second-order valence-electron chi connectivity index (χ2n) is 6.79. The highest BCUT2D eigenvalue weighted by Gasteiger charge is 2.11. The Morgan fingerprint density at radius 1 is 0.893 bits per heavy atom. The van der Waals surface area contributed by atoms with Crippen LogP contribution in [0.5, 0.6) is 0 Å². The van der Waals surface area contributed by atoms with E-state index in [0.29, 0.717) is 16.9 Å². The third-order valence-corrected chi connectivity index (χ3v) is 4.80. The van der Waals surface area contributed by atoms with Crippen LogP contribution in [0.4, 0.5) is 11.4 Å². The number of aromatic amines is 1. The van der Waals surface area contributed by atoms with Crippen molar-refractivity contribution >= 4 is 45.0 Å². The molecule has 1 heterocycles. The maximum Gasteiger partial charge on any atom is 0.255 e. The monoisotopic (exact) mass is 371 g/mol. The molecular formula is C23H21N3O2. The number of aryl methyl sites for hydroxylation is 1. The summed E-state index contributed by atoms with van der Waals surface area (Å²) >= 11 is 0. The lowest BCUT2D eigenvalue weighted by atomic mass is 10.1. The van der Waals surface area contributed by atoms with Gasteiger partial charge in [0, 0.05) is 45.7 Å². The Kier molecular flexibility index (Phi) is 4.57. The Morgan fingerprint density at radius 2 is 1.68 bits per heavy atom. The Labute approximate surface area is 162 Å². The molecular weight excluding hydrogens is 350 g/mol. The molecule has 0 radical (unpaired) electrons. The van der Waals surface area contributed by atoms with E-state index in [1.54, 1.807) is 24.3 Å². The number of hydrogen-bond donors (Lipinski definition) is 3. The molecule has 0 aliphatic heterocycles. The van der Waals surface area contributed by atoms with E-state index >= 15 is 0 Å². The lowest BCUT2D eigenvalue weighted by molar-refractivity contribution is -0.114. The minimum Gasteiger partial charge on any atom is -0.354 e. The third-order valence-electron chi connectivity index (χ3n) is 4.80. The SMILES string of the molecule is CCc1cccc2c1[nH]c1cc(NC(=O)c3cccc(NC(C)=O)c3)ccc12. The first-order valence-corrected chi connectivity index (χ1v) is 9.27. The van der Waals surface area contributed by atoms with Gasteiger partial charge in [-0.15, -0.1) is 0 Å². The summed E-state index contributed by atoms with van der Waals surface area (Å²) in [6, 6.07) is 19.1. The maximum absolute atomic E-state index is 12.6. The number of carbonyl (C=O) groups excluding carboxylic acids is 2. The average molecular weight is 371 g/mol. The number of anilines is 2. The van der Waals surface area contributed by atoms with Crippen LogP contribution in [0, 0.1) is 0 Å². The van der Waals surface area contributed by atoms with Gasteiger partial charge in [-0.05, 0) is 42.3 Å². The van der Waals surface area contributed by atoms with Crippen LogP contribution in [0.15, 0.2) is 60.7 Å². The van der Waals surface area contributed by atoms with Crippen LogP contribution in [0.3, 0.4) is 0 Å². The summed E-state index contributed by atoms with van der Waals surface area (Å²) in [6.07, 6.45) is 0.957. The standard InChI is InChI=1S/C23H21N3O2/c1-3-15-6-5-9-20-19-11-10-18(13-21(19)26-22(15)20)25-23(28)16-7-4-8-17(12-16)24-14(2)27/h4-13,26H,3H2,1-2H3,(H,24,27)(H,25,28). The number of fused-ring (bicyclic) bond motifs is 3. The van der Waals surface area contributed by atoms with Crippen molar-refractivity contribution in [1.82, 2.24) is 4.98 Å². The van der Waals surface area contributed by atoms with Gasteiger partial charge in [-0.2, -0.15) is 0 Å². The minimum absolute atomic E-state index is 0.173. The first kappa shape index (κ1) is 17.8. The first-order valence-electron chi connectivity index (χ1n) is 9.27. The second-order valence-corrected chi connectivity index (χ2v) is 6.79. The number of carbonyl (C=O) groups is 2. The van der Waals surface area contributed by atoms with Gasteiger partial charge < -0.3 is 15.6 Å². The number of para-hydroxylation sites is 1. The van der Waals surface area contributed by atoms with Gasteiger partial charge in [-0.3, -0.25) is 9.59 Å². The molecule has 3 N–H and O–H groups in total. The minimum atomic E-state index is -0.225. The van der Waals surface area contributed by atoms with Crippen molar-refractivity contribution in [1.29, 1.82) is 0 Å². The molecule has 5 nitrogen and oxygen atoms in total. The quantitative estimate of drug-likeness (QED) is 0.467. The van der Waals surface area contributed by atoms with Crippen molar-refractivity contribution < 1.29 is 9.59 Å². The Bertz CT molecular complexity index is 1210. The number of H-pyrrole nitrogens is 1. The molecule has 4 rings (SSSR count). The molecule has 1 aromatic heterocycles. The zero-order valence-electron chi connectivity index (χ0n) is 15.8. The fourth-order valence-corrected chi connectivity index (χ4v) is 3.51. The largest absolute Gasteiger partial charge is 0.354 e. The predicted molar refractivity (Wildman–Crippen MR) is 114 cm³/mol. The summed E-state index contributed by atoms with van der Waals surface area (Å²) in [7, 11) is 0. The fourth-order valence-electron chi connectivity index (χ4n) is 3.51. The summed E-state index contributed by atoms with van der Waals surface area (Å²) in [5.74, 6) is -0.398. The van der Waals surface area contributed by atoms with Crippen molar-refractivity contribution in [3.8, 4) is 0 Å². The fraction of sp³-hybridized carbons (Fsp3) is 0.130. The molecule has 0 unspecified atom stereocenters. The first-order chi connectivity index (χ1) is 13.5. The van der Waals surface area contributed by atoms with E-state index in [1.807, 2.05) is 18.2 Å². The predicted octanol–water partition coefficient (Wildman–Crippen LogP) is 5.09. The summed E-state index contributed by atoms with van der Waals surface area (Å²) in [6.45, 7) is 3.58. The van der Waals surface area contributed by atoms with Crippen LogP contribution < -0.4 is 10.6 Å². The van der Waals surface area contributed by atoms with E-state index in [2.05, 4.69) is 40.7 Å². The van der Waals surface area contributed by atoms with E-state index in [-0.39, 0.29) is 11.8 Å². The lowest BCUT2D eigenvalue weighted by Gasteiger charge is -2.07. The molecule has 0 aliphatic rings. The highest BCUT2D eigenvalue weighted by Crippen LogP contribution is 2.30. The molecule has 4 aromatic rings. The molecule has 0 atom stereocenters. The van der Waals surface area contributed by atoms with Crippen LogP contribution in [-0.2, 0) is 11.2 Å². The zero-order chi connectivity index (χ0) is 19.7. The Balaban J connectivity index is 1.64. The van der Waals surface area contributed by atoms with Crippen LogP contribution in [-0.4, -0.2) is 16.8 Å². The van der Waals surface area contributed by atoms with Crippen molar-refractivity contribution in [3.05, 3.63) is 71.8 Å². The van der Waals surface area contributed by atoms with Gasteiger partial charge in [0.2, 0.25) is 5.91 Å². The van der Waals surface area contributed by atoms with E-state index in [4.69, 9.17) is 0 Å². The molecule has 0 saturated carbocycles. The molecule has 28 heavy (non-hydrogen) atoms. The third kappa shape index (κ3) is 3.34. The number of amides is 2. The molecule has 0 spiro atoms. The molecule has 3 aromatic carbocycles. The van der Waals surface area contributed by atoms with Crippen LogP contribution >= 0.6 is 0 Å². The van der Waals surface area contributed by atoms with Gasteiger partial charge >= 0.3 is 0 Å². The van der Waals surface area contributed by atoms with Gasteiger partial charge in [-0.1, -0.05) is 37.3 Å². The number of nitrogens with one attached hydrogen (secondary N) is 3. The highest BCUT2D eigenvalue weighted by atomic mass is 16.2. The van der Waals surface area contributed by atoms with Crippen molar-refractivity contribution in [2.75, 3.05) is 10.6 Å². The summed E-state index contributed by atoms with van der Waals surface area (Å²) in [5, 5.41) is 7.95.